The van der Waals surface area contributed by atoms with Crippen molar-refractivity contribution in [3.63, 3.8) is 0 Å². The Kier molecular flexibility index (Phi) is 5.35. The van der Waals surface area contributed by atoms with Crippen molar-refractivity contribution in [2.45, 2.75) is 53.2 Å². The average molecular weight is 292 g/mol. The minimum Gasteiger partial charge on any atom is -0.444 e. The summed E-state index contributed by atoms with van der Waals surface area (Å²) in [6, 6.07) is 4.99. The maximum absolute atomic E-state index is 12.0. The lowest BCUT2D eigenvalue weighted by Gasteiger charge is -2.21. The lowest BCUT2D eigenvalue weighted by atomic mass is 10.1. The van der Waals surface area contributed by atoms with Crippen molar-refractivity contribution >= 4 is 17.7 Å². The van der Waals surface area contributed by atoms with Crippen LogP contribution >= 0.6 is 0 Å². The molecule has 1 aromatic rings. The maximum atomic E-state index is 12.0. The molecule has 0 saturated carbocycles. The van der Waals surface area contributed by atoms with Crippen molar-refractivity contribution in [1.29, 1.82) is 0 Å². The number of alkyl carbamates (subject to hydrolysis) is 1. The standard InChI is InChI=1S/C16H24N2O3/c1-10-7-8-13(9-11(10)2)18-14(19)12(3)17-15(20)21-16(4,5)6/h7-9,12H,1-6H3,(H,17,20)(H,18,19)/t12-/m1/s1. The van der Waals surface area contributed by atoms with Gasteiger partial charge in [-0.05, 0) is 64.8 Å². The Hall–Kier alpha value is -2.04. The zero-order valence-corrected chi connectivity index (χ0v) is 13.5. The number of aryl methyl sites for hydroxylation is 2. The second-order valence-corrected chi connectivity index (χ2v) is 6.16. The van der Waals surface area contributed by atoms with Crippen LogP contribution in [0.5, 0.6) is 0 Å². The van der Waals surface area contributed by atoms with Gasteiger partial charge in [0.15, 0.2) is 0 Å². The molecule has 0 spiro atoms. The highest BCUT2D eigenvalue weighted by Gasteiger charge is 2.21. The number of ether oxygens (including phenoxy) is 1. The molecule has 2 amide bonds. The first kappa shape index (κ1) is 17.0. The largest absolute Gasteiger partial charge is 0.444 e. The second-order valence-electron chi connectivity index (χ2n) is 6.16. The molecule has 0 bridgehead atoms. The zero-order chi connectivity index (χ0) is 16.2. The van der Waals surface area contributed by atoms with Crippen LogP contribution in [0.25, 0.3) is 0 Å². The molecule has 0 radical (unpaired) electrons. The van der Waals surface area contributed by atoms with Crippen molar-refractivity contribution < 1.29 is 14.3 Å². The quantitative estimate of drug-likeness (QED) is 0.899. The summed E-state index contributed by atoms with van der Waals surface area (Å²) in [4.78, 5) is 23.6. The first-order chi connectivity index (χ1) is 9.58. The average Bonchev–Trinajstić information content (AvgIpc) is 2.31. The van der Waals surface area contributed by atoms with Crippen molar-refractivity contribution in [2.75, 3.05) is 5.32 Å². The molecule has 0 unspecified atom stereocenters. The molecule has 0 aliphatic carbocycles. The van der Waals surface area contributed by atoms with Crippen LogP contribution in [-0.4, -0.2) is 23.6 Å². The highest BCUT2D eigenvalue weighted by Crippen LogP contribution is 2.14. The van der Waals surface area contributed by atoms with Crippen LogP contribution in [-0.2, 0) is 9.53 Å². The Labute approximate surface area is 126 Å². The first-order valence-corrected chi connectivity index (χ1v) is 6.96. The lowest BCUT2D eigenvalue weighted by molar-refractivity contribution is -0.117. The van der Waals surface area contributed by atoms with Gasteiger partial charge < -0.3 is 15.4 Å². The van der Waals surface area contributed by atoms with E-state index < -0.39 is 17.7 Å². The van der Waals surface area contributed by atoms with Crippen LogP contribution in [0.15, 0.2) is 18.2 Å². The van der Waals surface area contributed by atoms with Crippen LogP contribution in [0.3, 0.4) is 0 Å². The molecular weight excluding hydrogens is 268 g/mol. The van der Waals surface area contributed by atoms with Crippen LogP contribution in [0.2, 0.25) is 0 Å². The van der Waals surface area contributed by atoms with Crippen LogP contribution in [0, 0.1) is 13.8 Å². The fraction of sp³-hybridized carbons (Fsp3) is 0.500. The van der Waals surface area contributed by atoms with Gasteiger partial charge in [0.1, 0.15) is 11.6 Å². The predicted molar refractivity (Wildman–Crippen MR) is 83.4 cm³/mol. The van der Waals surface area contributed by atoms with Crippen LogP contribution in [0.1, 0.15) is 38.8 Å². The van der Waals surface area contributed by atoms with Gasteiger partial charge in [0, 0.05) is 5.69 Å². The van der Waals surface area contributed by atoms with Gasteiger partial charge in [0.2, 0.25) is 5.91 Å². The smallest absolute Gasteiger partial charge is 0.408 e. The van der Waals surface area contributed by atoms with E-state index in [4.69, 9.17) is 4.74 Å². The summed E-state index contributed by atoms with van der Waals surface area (Å²) >= 11 is 0. The normalized spacial score (nSPS) is 12.5. The number of rotatable bonds is 3. The van der Waals surface area contributed by atoms with Crippen LogP contribution < -0.4 is 10.6 Å². The Bertz CT molecular complexity index is 533. The number of carbonyl (C=O) groups is 2. The minimum atomic E-state index is -0.679. The van der Waals surface area contributed by atoms with Gasteiger partial charge in [-0.2, -0.15) is 0 Å². The summed E-state index contributed by atoms with van der Waals surface area (Å²) in [5.74, 6) is -0.288. The van der Waals surface area contributed by atoms with Gasteiger partial charge in [0.25, 0.3) is 0 Å². The Morgan fingerprint density at radius 2 is 1.76 bits per heavy atom. The van der Waals surface area contributed by atoms with Gasteiger partial charge in [-0.3, -0.25) is 4.79 Å². The summed E-state index contributed by atoms with van der Waals surface area (Å²) < 4.78 is 5.11. The molecule has 0 aliphatic rings. The maximum Gasteiger partial charge on any atom is 0.408 e. The molecule has 1 aromatic carbocycles. The van der Waals surface area contributed by atoms with E-state index in [9.17, 15) is 9.59 Å². The van der Waals surface area contributed by atoms with E-state index >= 15 is 0 Å². The molecule has 116 valence electrons. The first-order valence-electron chi connectivity index (χ1n) is 6.96. The number of amides is 2. The Morgan fingerprint density at radius 1 is 1.14 bits per heavy atom. The van der Waals surface area contributed by atoms with Crippen molar-refractivity contribution in [2.24, 2.45) is 0 Å². The van der Waals surface area contributed by atoms with E-state index in [1.54, 1.807) is 27.7 Å². The number of nitrogens with one attached hydrogen (secondary N) is 2. The molecular formula is C16H24N2O3. The highest BCUT2D eigenvalue weighted by molar-refractivity contribution is 5.96. The summed E-state index contributed by atoms with van der Waals surface area (Å²) in [5, 5.41) is 5.28. The SMILES string of the molecule is Cc1ccc(NC(=O)[C@@H](C)NC(=O)OC(C)(C)C)cc1C. The molecule has 21 heavy (non-hydrogen) atoms. The summed E-state index contributed by atoms with van der Waals surface area (Å²) in [5.41, 5.74) is 2.38. The number of hydrogen-bond donors (Lipinski definition) is 2. The fourth-order valence-electron chi connectivity index (χ4n) is 1.62. The van der Waals surface area contributed by atoms with Gasteiger partial charge in [-0.25, -0.2) is 4.79 Å². The second kappa shape index (κ2) is 6.61. The van der Waals surface area contributed by atoms with Gasteiger partial charge in [0.05, 0.1) is 0 Å². The third-order valence-corrected chi connectivity index (χ3v) is 2.90. The van der Waals surface area contributed by atoms with E-state index in [1.807, 2.05) is 32.0 Å². The number of hydrogen-bond acceptors (Lipinski definition) is 3. The van der Waals surface area contributed by atoms with Crippen molar-refractivity contribution in [3.05, 3.63) is 29.3 Å². The van der Waals surface area contributed by atoms with Crippen molar-refractivity contribution in [1.82, 2.24) is 5.32 Å². The van der Waals surface area contributed by atoms with Gasteiger partial charge in [-0.1, -0.05) is 6.07 Å². The Balaban J connectivity index is 2.58. The molecule has 5 heteroatoms. The van der Waals surface area contributed by atoms with E-state index in [0.29, 0.717) is 5.69 Å². The summed E-state index contributed by atoms with van der Waals surface area (Å²) in [7, 11) is 0. The van der Waals surface area contributed by atoms with Crippen molar-refractivity contribution in [3.8, 4) is 0 Å². The molecule has 1 rings (SSSR count). The summed E-state index contributed by atoms with van der Waals surface area (Å²) in [6.07, 6.45) is -0.606. The van der Waals surface area contributed by atoms with E-state index in [1.165, 1.54) is 0 Å². The number of benzene rings is 1. The van der Waals surface area contributed by atoms with Crippen LogP contribution in [0.4, 0.5) is 10.5 Å². The van der Waals surface area contributed by atoms with Gasteiger partial charge in [-0.15, -0.1) is 0 Å². The van der Waals surface area contributed by atoms with E-state index in [-0.39, 0.29) is 5.91 Å². The Morgan fingerprint density at radius 3 is 2.29 bits per heavy atom. The molecule has 0 aliphatic heterocycles. The topological polar surface area (TPSA) is 67.4 Å². The molecule has 0 saturated heterocycles. The minimum absolute atomic E-state index is 0.288. The molecule has 1 atom stereocenters. The number of anilines is 1. The van der Waals surface area contributed by atoms with E-state index in [0.717, 1.165) is 11.1 Å². The molecule has 0 fully saturated rings. The third kappa shape index (κ3) is 5.85. The lowest BCUT2D eigenvalue weighted by Crippen LogP contribution is -2.43. The molecule has 0 aromatic heterocycles. The highest BCUT2D eigenvalue weighted by atomic mass is 16.6. The van der Waals surface area contributed by atoms with E-state index in [2.05, 4.69) is 10.6 Å². The summed E-state index contributed by atoms with van der Waals surface area (Å²) in [6.45, 7) is 10.9. The predicted octanol–water partition coefficient (Wildman–Crippen LogP) is 3.16. The third-order valence-electron chi connectivity index (χ3n) is 2.90. The monoisotopic (exact) mass is 292 g/mol. The molecule has 2 N–H and O–H groups in total. The van der Waals surface area contributed by atoms with Gasteiger partial charge >= 0.3 is 6.09 Å². The number of carbonyl (C=O) groups excluding carboxylic acids is 2. The zero-order valence-electron chi connectivity index (χ0n) is 13.5. The molecule has 0 heterocycles. The fourth-order valence-corrected chi connectivity index (χ4v) is 1.62. The molecule has 5 nitrogen and oxygen atoms in total.